The summed E-state index contributed by atoms with van der Waals surface area (Å²) in [6, 6.07) is 4.70. The Bertz CT molecular complexity index is 232. The maximum absolute atomic E-state index is 3.97. The predicted octanol–water partition coefficient (Wildman–Crippen LogP) is 2.00. The molecule has 1 aromatic heterocycles. The maximum atomic E-state index is 3.97. The highest BCUT2D eigenvalue weighted by Gasteiger charge is 2.14. The maximum Gasteiger partial charge on any atom is 0.0373 e. The molecule has 1 atom stereocenters. The fourth-order valence-corrected chi connectivity index (χ4v) is 2.48. The Morgan fingerprint density at radius 3 is 2.92 bits per heavy atom. The Balaban J connectivity index is 1.94. The molecule has 0 aliphatic carbocycles. The molecule has 64 valence electrons. The van der Waals surface area contributed by atoms with Gasteiger partial charge in [0.05, 0.1) is 0 Å². The van der Waals surface area contributed by atoms with E-state index in [1.165, 1.54) is 23.6 Å². The molecule has 1 aromatic rings. The van der Waals surface area contributed by atoms with E-state index in [1.54, 1.807) is 0 Å². The molecule has 0 bridgehead atoms. The summed E-state index contributed by atoms with van der Waals surface area (Å²) < 4.78 is 0. The summed E-state index contributed by atoms with van der Waals surface area (Å²) in [4.78, 5) is 3.97. The van der Waals surface area contributed by atoms with Gasteiger partial charge in [0.25, 0.3) is 0 Å². The summed E-state index contributed by atoms with van der Waals surface area (Å²) in [6.07, 6.45) is 4.93. The summed E-state index contributed by atoms with van der Waals surface area (Å²) in [5.74, 6) is 2.53. The molecule has 0 aromatic carbocycles. The molecule has 0 saturated carbocycles. The van der Waals surface area contributed by atoms with Crippen LogP contribution in [0.4, 0.5) is 5.69 Å². The molecular formula is C9H12N2S. The van der Waals surface area contributed by atoms with Crippen LogP contribution in [0.15, 0.2) is 24.5 Å². The van der Waals surface area contributed by atoms with Crippen LogP contribution >= 0.6 is 11.8 Å². The normalized spacial score (nSPS) is 22.5. The molecule has 2 nitrogen and oxygen atoms in total. The topological polar surface area (TPSA) is 24.9 Å². The number of thioether (sulfide) groups is 1. The van der Waals surface area contributed by atoms with Gasteiger partial charge >= 0.3 is 0 Å². The van der Waals surface area contributed by atoms with Gasteiger partial charge in [0.2, 0.25) is 0 Å². The van der Waals surface area contributed by atoms with E-state index < -0.39 is 0 Å². The van der Waals surface area contributed by atoms with Crippen molar-refractivity contribution in [2.45, 2.75) is 12.5 Å². The van der Waals surface area contributed by atoms with Crippen LogP contribution in [0, 0.1) is 0 Å². The van der Waals surface area contributed by atoms with Gasteiger partial charge < -0.3 is 5.32 Å². The third-order valence-corrected chi connectivity index (χ3v) is 3.14. The third-order valence-electron chi connectivity index (χ3n) is 1.98. The van der Waals surface area contributed by atoms with Crippen LogP contribution < -0.4 is 5.32 Å². The lowest BCUT2D eigenvalue weighted by atomic mass is 10.2. The number of nitrogens with zero attached hydrogens (tertiary/aromatic N) is 1. The fraction of sp³-hybridized carbons (Fsp3) is 0.444. The van der Waals surface area contributed by atoms with Gasteiger partial charge in [0, 0.05) is 29.9 Å². The number of rotatable bonds is 2. The van der Waals surface area contributed by atoms with Crippen LogP contribution in [0.5, 0.6) is 0 Å². The molecular weight excluding hydrogens is 168 g/mol. The molecule has 2 heterocycles. The Hall–Kier alpha value is -0.700. The minimum atomic E-state index is 0.664. The molecule has 3 heteroatoms. The first-order chi connectivity index (χ1) is 5.95. The summed E-state index contributed by atoms with van der Waals surface area (Å²) in [7, 11) is 0. The van der Waals surface area contributed by atoms with Crippen molar-refractivity contribution < 1.29 is 0 Å². The Morgan fingerprint density at radius 2 is 2.25 bits per heavy atom. The number of hydrogen-bond donors (Lipinski definition) is 1. The minimum absolute atomic E-state index is 0.664. The smallest absolute Gasteiger partial charge is 0.0373 e. The molecule has 0 spiro atoms. The molecule has 1 aliphatic heterocycles. The minimum Gasteiger partial charge on any atom is -0.381 e. The van der Waals surface area contributed by atoms with Crippen molar-refractivity contribution in [2.75, 3.05) is 16.8 Å². The first kappa shape index (κ1) is 7.92. The molecule has 0 amide bonds. The molecule has 12 heavy (non-hydrogen) atoms. The van der Waals surface area contributed by atoms with Crippen molar-refractivity contribution >= 4 is 17.4 Å². The first-order valence-electron chi connectivity index (χ1n) is 4.19. The summed E-state index contributed by atoms with van der Waals surface area (Å²) in [5.41, 5.74) is 1.19. The van der Waals surface area contributed by atoms with E-state index in [1.807, 2.05) is 36.3 Å². The van der Waals surface area contributed by atoms with E-state index in [0.717, 1.165) is 0 Å². The number of hydrogen-bond acceptors (Lipinski definition) is 3. The second-order valence-corrected chi connectivity index (χ2v) is 4.09. The van der Waals surface area contributed by atoms with Crippen LogP contribution in [-0.4, -0.2) is 22.5 Å². The average Bonchev–Trinajstić information content (AvgIpc) is 2.59. The number of nitrogens with one attached hydrogen (secondary N) is 1. The van der Waals surface area contributed by atoms with Crippen molar-refractivity contribution in [1.29, 1.82) is 0 Å². The molecule has 1 aliphatic rings. The average molecular weight is 180 g/mol. The highest BCUT2D eigenvalue weighted by atomic mass is 32.2. The molecule has 0 radical (unpaired) electrons. The van der Waals surface area contributed by atoms with Crippen LogP contribution in [0.25, 0.3) is 0 Å². The highest BCUT2D eigenvalue weighted by molar-refractivity contribution is 7.99. The van der Waals surface area contributed by atoms with Crippen molar-refractivity contribution in [1.82, 2.24) is 4.98 Å². The summed E-state index contributed by atoms with van der Waals surface area (Å²) in [5, 5.41) is 3.48. The molecule has 2 rings (SSSR count). The van der Waals surface area contributed by atoms with Crippen molar-refractivity contribution in [3.63, 3.8) is 0 Å². The van der Waals surface area contributed by atoms with Gasteiger partial charge in [-0.3, -0.25) is 4.98 Å². The van der Waals surface area contributed by atoms with Crippen molar-refractivity contribution in [3.8, 4) is 0 Å². The first-order valence-corrected chi connectivity index (χ1v) is 5.35. The lowest BCUT2D eigenvalue weighted by Crippen LogP contribution is -2.17. The molecule has 1 unspecified atom stereocenters. The van der Waals surface area contributed by atoms with Gasteiger partial charge in [-0.05, 0) is 24.3 Å². The van der Waals surface area contributed by atoms with Gasteiger partial charge in [0.15, 0.2) is 0 Å². The lowest BCUT2D eigenvalue weighted by Gasteiger charge is -2.11. The predicted molar refractivity (Wildman–Crippen MR) is 53.6 cm³/mol. The lowest BCUT2D eigenvalue weighted by molar-refractivity contribution is 0.813. The summed E-state index contributed by atoms with van der Waals surface area (Å²) in [6.45, 7) is 0. The highest BCUT2D eigenvalue weighted by Crippen LogP contribution is 2.20. The van der Waals surface area contributed by atoms with Gasteiger partial charge in [-0.2, -0.15) is 11.8 Å². The largest absolute Gasteiger partial charge is 0.381 e. The van der Waals surface area contributed by atoms with E-state index in [-0.39, 0.29) is 0 Å². The molecule has 1 fully saturated rings. The Morgan fingerprint density at radius 1 is 1.42 bits per heavy atom. The van der Waals surface area contributed by atoms with Gasteiger partial charge in [-0.15, -0.1) is 0 Å². The Kier molecular flexibility index (Phi) is 2.51. The van der Waals surface area contributed by atoms with Gasteiger partial charge in [0.1, 0.15) is 0 Å². The second kappa shape index (κ2) is 3.81. The number of aromatic nitrogens is 1. The van der Waals surface area contributed by atoms with E-state index >= 15 is 0 Å². The van der Waals surface area contributed by atoms with E-state index in [2.05, 4.69) is 10.3 Å². The van der Waals surface area contributed by atoms with Gasteiger partial charge in [-0.1, -0.05) is 0 Å². The summed E-state index contributed by atoms with van der Waals surface area (Å²) >= 11 is 2.02. The second-order valence-electron chi connectivity index (χ2n) is 2.94. The number of anilines is 1. The fourth-order valence-electron chi connectivity index (χ4n) is 1.33. The molecule has 1 saturated heterocycles. The van der Waals surface area contributed by atoms with Crippen LogP contribution in [0.1, 0.15) is 6.42 Å². The molecule has 1 N–H and O–H groups in total. The van der Waals surface area contributed by atoms with E-state index in [4.69, 9.17) is 0 Å². The van der Waals surface area contributed by atoms with E-state index in [0.29, 0.717) is 6.04 Å². The van der Waals surface area contributed by atoms with Crippen LogP contribution in [0.3, 0.4) is 0 Å². The zero-order valence-electron chi connectivity index (χ0n) is 6.86. The SMILES string of the molecule is c1cc(NC2CCSC2)ccn1. The van der Waals surface area contributed by atoms with Gasteiger partial charge in [-0.25, -0.2) is 0 Å². The van der Waals surface area contributed by atoms with Crippen LogP contribution in [-0.2, 0) is 0 Å². The van der Waals surface area contributed by atoms with Crippen molar-refractivity contribution in [3.05, 3.63) is 24.5 Å². The quantitative estimate of drug-likeness (QED) is 0.753. The number of pyridine rings is 1. The van der Waals surface area contributed by atoms with Crippen molar-refractivity contribution in [2.24, 2.45) is 0 Å². The monoisotopic (exact) mass is 180 g/mol. The Labute approximate surface area is 76.8 Å². The van der Waals surface area contributed by atoms with E-state index in [9.17, 15) is 0 Å². The van der Waals surface area contributed by atoms with Crippen LogP contribution in [0.2, 0.25) is 0 Å². The zero-order chi connectivity index (χ0) is 8.23. The zero-order valence-corrected chi connectivity index (χ0v) is 7.68. The third kappa shape index (κ3) is 1.91. The standard InChI is InChI=1S/C9H12N2S/c1-4-10-5-2-8(1)11-9-3-6-12-7-9/h1-2,4-5,9H,3,6-7H2,(H,10,11).